The standard InChI is InChI=1S/C23H20ClN5O/c24-8-7-17(30)9-14-5-6-19-20(16-10-15-3-1-2-4-18(15)26-11-16)21-22(25)27-13-28-23(21)29(19)12-14/h1-4,7-8,10-11,13-14H,5-6,9,12H2,(H2,25,27,28)/b8-7+/t14-/m1/s1. The first-order valence-corrected chi connectivity index (χ1v) is 10.4. The van der Waals surface area contributed by atoms with Crippen molar-refractivity contribution in [1.29, 1.82) is 0 Å². The van der Waals surface area contributed by atoms with Gasteiger partial charge < -0.3 is 10.3 Å². The minimum Gasteiger partial charge on any atom is -0.383 e. The Kier molecular flexibility index (Phi) is 4.71. The van der Waals surface area contributed by atoms with Crippen molar-refractivity contribution in [3.63, 3.8) is 0 Å². The average molecular weight is 418 g/mol. The normalized spacial score (nSPS) is 16.4. The Morgan fingerprint density at radius 3 is 3.00 bits per heavy atom. The number of pyridine rings is 1. The zero-order chi connectivity index (χ0) is 20.7. The van der Waals surface area contributed by atoms with Crippen LogP contribution in [0.5, 0.6) is 0 Å². The van der Waals surface area contributed by atoms with Crippen LogP contribution in [0, 0.1) is 5.92 Å². The van der Waals surface area contributed by atoms with Crippen LogP contribution in [0.4, 0.5) is 5.82 Å². The Labute approximate surface area is 178 Å². The van der Waals surface area contributed by atoms with Gasteiger partial charge in [-0.05, 0) is 37.0 Å². The fraction of sp³-hybridized carbons (Fsp3) is 0.217. The number of ketones is 1. The highest BCUT2D eigenvalue weighted by atomic mass is 35.5. The van der Waals surface area contributed by atoms with Crippen molar-refractivity contribution < 1.29 is 4.79 Å². The molecule has 0 radical (unpaired) electrons. The summed E-state index contributed by atoms with van der Waals surface area (Å²) in [4.78, 5) is 25.5. The number of carbonyl (C=O) groups excluding carboxylic acids is 1. The van der Waals surface area contributed by atoms with Crippen LogP contribution in [0.1, 0.15) is 18.5 Å². The summed E-state index contributed by atoms with van der Waals surface area (Å²) in [5.41, 5.74) is 12.6. The third-order valence-corrected chi connectivity index (χ3v) is 5.95. The molecule has 2 N–H and O–H groups in total. The van der Waals surface area contributed by atoms with Crippen molar-refractivity contribution in [3.05, 3.63) is 60.2 Å². The zero-order valence-corrected chi connectivity index (χ0v) is 17.0. The van der Waals surface area contributed by atoms with E-state index in [1.54, 1.807) is 0 Å². The highest BCUT2D eigenvalue weighted by molar-refractivity contribution is 6.26. The first-order valence-electron chi connectivity index (χ1n) is 9.92. The van der Waals surface area contributed by atoms with Gasteiger partial charge in [0.05, 0.1) is 10.9 Å². The molecule has 0 fully saturated rings. The third kappa shape index (κ3) is 3.13. The molecule has 150 valence electrons. The summed E-state index contributed by atoms with van der Waals surface area (Å²) in [5.74, 6) is 0.734. The molecule has 0 bridgehead atoms. The second-order valence-electron chi connectivity index (χ2n) is 7.67. The number of anilines is 1. The third-order valence-electron chi connectivity index (χ3n) is 5.82. The SMILES string of the molecule is Nc1ncnc2c1c(-c1cnc3ccccc3c1)c1n2C[C@@H](CC(=O)/C=C/Cl)CC1. The maximum absolute atomic E-state index is 12.1. The molecule has 0 saturated heterocycles. The molecule has 30 heavy (non-hydrogen) atoms. The van der Waals surface area contributed by atoms with E-state index in [1.807, 2.05) is 24.4 Å². The molecule has 1 aliphatic heterocycles. The molecule has 7 heteroatoms. The predicted octanol–water partition coefficient (Wildman–Crippen LogP) is 4.50. The largest absolute Gasteiger partial charge is 0.383 e. The topological polar surface area (TPSA) is 86.7 Å². The van der Waals surface area contributed by atoms with Gasteiger partial charge in [0.1, 0.15) is 17.8 Å². The summed E-state index contributed by atoms with van der Waals surface area (Å²) in [6.45, 7) is 0.713. The van der Waals surface area contributed by atoms with Gasteiger partial charge in [-0.15, -0.1) is 0 Å². The van der Waals surface area contributed by atoms with Crippen molar-refractivity contribution in [2.24, 2.45) is 5.92 Å². The lowest BCUT2D eigenvalue weighted by Gasteiger charge is -2.25. The number of aromatic nitrogens is 4. The molecule has 5 rings (SSSR count). The van der Waals surface area contributed by atoms with Gasteiger partial charge in [0.2, 0.25) is 0 Å². The lowest BCUT2D eigenvalue weighted by atomic mass is 9.91. The number of hydrogen-bond acceptors (Lipinski definition) is 5. The minimum absolute atomic E-state index is 0.0444. The lowest BCUT2D eigenvalue weighted by molar-refractivity contribution is -0.115. The maximum atomic E-state index is 12.1. The van der Waals surface area contributed by atoms with Crippen LogP contribution in [-0.2, 0) is 17.8 Å². The van der Waals surface area contributed by atoms with Crippen LogP contribution in [0.15, 0.2) is 54.5 Å². The Balaban J connectivity index is 1.66. The van der Waals surface area contributed by atoms with Crippen LogP contribution in [0.3, 0.4) is 0 Å². The van der Waals surface area contributed by atoms with Gasteiger partial charge in [-0.2, -0.15) is 0 Å². The number of hydrogen-bond donors (Lipinski definition) is 1. The number of allylic oxidation sites excluding steroid dienone is 1. The van der Waals surface area contributed by atoms with Crippen molar-refractivity contribution in [1.82, 2.24) is 19.5 Å². The van der Waals surface area contributed by atoms with Crippen molar-refractivity contribution in [2.75, 3.05) is 5.73 Å². The molecule has 3 aromatic heterocycles. The Hall–Kier alpha value is -3.25. The van der Waals surface area contributed by atoms with E-state index in [1.165, 1.54) is 23.6 Å². The summed E-state index contributed by atoms with van der Waals surface area (Å²) >= 11 is 5.56. The van der Waals surface area contributed by atoms with Gasteiger partial charge in [0.25, 0.3) is 0 Å². The monoisotopic (exact) mass is 417 g/mol. The van der Waals surface area contributed by atoms with Crippen LogP contribution >= 0.6 is 11.6 Å². The first kappa shape index (κ1) is 18.8. The van der Waals surface area contributed by atoms with Gasteiger partial charge >= 0.3 is 0 Å². The summed E-state index contributed by atoms with van der Waals surface area (Å²) in [6.07, 6.45) is 7.04. The van der Waals surface area contributed by atoms with E-state index in [9.17, 15) is 4.79 Å². The van der Waals surface area contributed by atoms with Crippen LogP contribution in [-0.4, -0.2) is 25.3 Å². The number of para-hydroxylation sites is 1. The van der Waals surface area contributed by atoms with Gasteiger partial charge in [0, 0.05) is 46.9 Å². The molecule has 0 saturated carbocycles. The summed E-state index contributed by atoms with van der Waals surface area (Å²) < 4.78 is 2.20. The first-order chi connectivity index (χ1) is 14.7. The van der Waals surface area contributed by atoms with E-state index in [2.05, 4.69) is 31.7 Å². The molecule has 4 aromatic rings. The second kappa shape index (κ2) is 7.54. The van der Waals surface area contributed by atoms with E-state index in [0.717, 1.165) is 45.9 Å². The van der Waals surface area contributed by atoms with Crippen molar-refractivity contribution in [2.45, 2.75) is 25.8 Å². The highest BCUT2D eigenvalue weighted by Crippen LogP contribution is 2.41. The molecule has 1 atom stereocenters. The number of nitrogens with two attached hydrogens (primary N) is 1. The summed E-state index contributed by atoms with van der Waals surface area (Å²) in [6, 6.07) is 10.2. The molecule has 6 nitrogen and oxygen atoms in total. The number of nitrogen functional groups attached to an aromatic ring is 1. The molecule has 0 amide bonds. The van der Waals surface area contributed by atoms with Crippen LogP contribution in [0.25, 0.3) is 33.1 Å². The second-order valence-corrected chi connectivity index (χ2v) is 7.93. The number of halogens is 1. The van der Waals surface area contributed by atoms with Gasteiger partial charge in [-0.25, -0.2) is 9.97 Å². The number of nitrogens with zero attached hydrogens (tertiary/aromatic N) is 4. The average Bonchev–Trinajstić information content (AvgIpc) is 3.09. The molecule has 0 aliphatic carbocycles. The van der Waals surface area contributed by atoms with E-state index in [-0.39, 0.29) is 11.7 Å². The van der Waals surface area contributed by atoms with Crippen LogP contribution < -0.4 is 5.73 Å². The van der Waals surface area contributed by atoms with E-state index in [0.29, 0.717) is 18.8 Å². The smallest absolute Gasteiger partial charge is 0.156 e. The Morgan fingerprint density at radius 2 is 2.13 bits per heavy atom. The Bertz CT molecular complexity index is 1310. The lowest BCUT2D eigenvalue weighted by Crippen LogP contribution is -2.22. The number of carbonyl (C=O) groups is 1. The summed E-state index contributed by atoms with van der Waals surface area (Å²) in [5, 5.41) is 1.93. The zero-order valence-electron chi connectivity index (χ0n) is 16.3. The quantitative estimate of drug-likeness (QED) is 0.494. The Morgan fingerprint density at radius 1 is 1.27 bits per heavy atom. The van der Waals surface area contributed by atoms with E-state index < -0.39 is 0 Å². The highest BCUT2D eigenvalue weighted by Gasteiger charge is 2.28. The molecular formula is C23H20ClN5O. The minimum atomic E-state index is 0.0444. The van der Waals surface area contributed by atoms with Crippen LogP contribution in [0.2, 0.25) is 0 Å². The molecule has 1 aromatic carbocycles. The molecular weight excluding hydrogens is 398 g/mol. The van der Waals surface area contributed by atoms with Gasteiger partial charge in [0.15, 0.2) is 5.78 Å². The molecule has 0 spiro atoms. The molecule has 0 unspecified atom stereocenters. The number of benzene rings is 1. The fourth-order valence-corrected chi connectivity index (χ4v) is 4.64. The number of fused-ring (bicyclic) bond motifs is 4. The molecule has 4 heterocycles. The van der Waals surface area contributed by atoms with Crippen molar-refractivity contribution in [3.8, 4) is 11.1 Å². The van der Waals surface area contributed by atoms with E-state index >= 15 is 0 Å². The number of rotatable bonds is 4. The van der Waals surface area contributed by atoms with Gasteiger partial charge in [-0.1, -0.05) is 29.8 Å². The van der Waals surface area contributed by atoms with E-state index in [4.69, 9.17) is 17.3 Å². The predicted molar refractivity (Wildman–Crippen MR) is 119 cm³/mol. The maximum Gasteiger partial charge on any atom is 0.156 e. The fourth-order valence-electron chi connectivity index (χ4n) is 4.50. The van der Waals surface area contributed by atoms with Crippen molar-refractivity contribution >= 4 is 45.1 Å². The summed E-state index contributed by atoms with van der Waals surface area (Å²) in [7, 11) is 0. The van der Waals surface area contributed by atoms with Gasteiger partial charge in [-0.3, -0.25) is 9.78 Å². The molecule has 1 aliphatic rings.